The summed E-state index contributed by atoms with van der Waals surface area (Å²) in [6.07, 6.45) is 3.80. The second-order valence-corrected chi connectivity index (χ2v) is 8.13. The molecule has 7 nitrogen and oxygen atoms in total. The fourth-order valence-electron chi connectivity index (χ4n) is 3.68. The van der Waals surface area contributed by atoms with E-state index >= 15 is 0 Å². The van der Waals surface area contributed by atoms with E-state index in [4.69, 9.17) is 4.74 Å². The summed E-state index contributed by atoms with van der Waals surface area (Å²) in [7, 11) is 0. The van der Waals surface area contributed by atoms with E-state index in [1.165, 1.54) is 31.0 Å². The second kappa shape index (κ2) is 9.54. The van der Waals surface area contributed by atoms with Gasteiger partial charge in [0.2, 0.25) is 5.91 Å². The van der Waals surface area contributed by atoms with Gasteiger partial charge in [0.15, 0.2) is 11.0 Å². The van der Waals surface area contributed by atoms with E-state index in [0.29, 0.717) is 32.1 Å². The number of carbonyl (C=O) groups excluding carboxylic acids is 1. The molecule has 2 fully saturated rings. The van der Waals surface area contributed by atoms with E-state index in [1.807, 2.05) is 23.1 Å². The number of rotatable bonds is 6. The number of piperidine rings is 1. The van der Waals surface area contributed by atoms with E-state index in [1.54, 1.807) is 0 Å². The van der Waals surface area contributed by atoms with E-state index in [9.17, 15) is 4.79 Å². The van der Waals surface area contributed by atoms with Gasteiger partial charge in [-0.05, 0) is 38.1 Å². The van der Waals surface area contributed by atoms with E-state index < -0.39 is 0 Å². The molecule has 0 N–H and O–H groups in total. The fraction of sp³-hybridized carbons (Fsp3) is 0.550. The number of aromatic nitrogens is 3. The first-order valence-corrected chi connectivity index (χ1v) is 11.0. The first-order valence-electron chi connectivity index (χ1n) is 10.0. The first kappa shape index (κ1) is 19.4. The Labute approximate surface area is 170 Å². The quantitative estimate of drug-likeness (QED) is 0.692. The number of carbonyl (C=O) groups is 1. The van der Waals surface area contributed by atoms with Crippen LogP contribution in [-0.4, -0.2) is 75.6 Å². The molecule has 1 amide bonds. The minimum absolute atomic E-state index is 0.133. The third kappa shape index (κ3) is 4.74. The number of ether oxygens (including phenoxy) is 1. The van der Waals surface area contributed by atoms with Crippen molar-refractivity contribution in [1.29, 1.82) is 0 Å². The lowest BCUT2D eigenvalue weighted by molar-refractivity contribution is -0.132. The summed E-state index contributed by atoms with van der Waals surface area (Å²) in [5, 5.41) is 9.69. The van der Waals surface area contributed by atoms with Crippen LogP contribution in [0.15, 0.2) is 35.5 Å². The SMILES string of the molecule is O=C(CSc1nnc(CN2CCCCC2)n1-c1ccccc1)N1CCOCC1. The molecule has 0 bridgehead atoms. The van der Waals surface area contributed by atoms with Crippen molar-refractivity contribution in [2.24, 2.45) is 0 Å². The minimum atomic E-state index is 0.133. The van der Waals surface area contributed by atoms with E-state index in [-0.39, 0.29) is 5.91 Å². The smallest absolute Gasteiger partial charge is 0.233 e. The van der Waals surface area contributed by atoms with Crippen LogP contribution in [-0.2, 0) is 16.1 Å². The summed E-state index contributed by atoms with van der Waals surface area (Å²) in [5.74, 6) is 1.44. The largest absolute Gasteiger partial charge is 0.378 e. The zero-order chi connectivity index (χ0) is 19.2. The van der Waals surface area contributed by atoms with Crippen molar-refractivity contribution in [2.45, 2.75) is 31.0 Å². The van der Waals surface area contributed by atoms with Gasteiger partial charge in [-0.1, -0.05) is 36.4 Å². The predicted octanol–water partition coefficient (Wildman–Crippen LogP) is 2.20. The Kier molecular flexibility index (Phi) is 6.61. The minimum Gasteiger partial charge on any atom is -0.378 e. The van der Waals surface area contributed by atoms with Crippen LogP contribution in [0.1, 0.15) is 25.1 Å². The average molecular weight is 402 g/mol. The van der Waals surface area contributed by atoms with Crippen LogP contribution < -0.4 is 0 Å². The van der Waals surface area contributed by atoms with Gasteiger partial charge in [0.05, 0.1) is 25.5 Å². The second-order valence-electron chi connectivity index (χ2n) is 7.19. The number of hydrogen-bond donors (Lipinski definition) is 0. The number of amides is 1. The molecule has 2 saturated heterocycles. The summed E-state index contributed by atoms with van der Waals surface area (Å²) in [6, 6.07) is 10.2. The Balaban J connectivity index is 1.50. The lowest BCUT2D eigenvalue weighted by atomic mass is 10.1. The molecule has 28 heavy (non-hydrogen) atoms. The Bertz CT molecular complexity index is 770. The van der Waals surface area contributed by atoms with Crippen molar-refractivity contribution in [3.63, 3.8) is 0 Å². The first-order chi connectivity index (χ1) is 13.8. The molecular weight excluding hydrogens is 374 g/mol. The molecule has 1 aromatic heterocycles. The van der Waals surface area contributed by atoms with Crippen LogP contribution in [0.3, 0.4) is 0 Å². The van der Waals surface area contributed by atoms with E-state index in [0.717, 1.165) is 36.3 Å². The number of nitrogens with zero attached hydrogens (tertiary/aromatic N) is 5. The van der Waals surface area contributed by atoms with Crippen LogP contribution in [0.5, 0.6) is 0 Å². The zero-order valence-corrected chi connectivity index (χ0v) is 16.9. The predicted molar refractivity (Wildman–Crippen MR) is 109 cm³/mol. The van der Waals surface area contributed by atoms with Gasteiger partial charge in [-0.25, -0.2) is 0 Å². The number of hydrogen-bond acceptors (Lipinski definition) is 6. The molecule has 4 rings (SSSR count). The van der Waals surface area contributed by atoms with Gasteiger partial charge in [0.25, 0.3) is 0 Å². The lowest BCUT2D eigenvalue weighted by Gasteiger charge is -2.27. The summed E-state index contributed by atoms with van der Waals surface area (Å²) >= 11 is 1.47. The van der Waals surface area contributed by atoms with Crippen molar-refractivity contribution in [3.8, 4) is 5.69 Å². The molecule has 2 aliphatic rings. The highest BCUT2D eigenvalue weighted by Crippen LogP contribution is 2.24. The van der Waals surface area contributed by atoms with Crippen LogP contribution in [0.4, 0.5) is 0 Å². The van der Waals surface area contributed by atoms with E-state index in [2.05, 4.69) is 31.8 Å². The van der Waals surface area contributed by atoms with Crippen LogP contribution in [0.2, 0.25) is 0 Å². The summed E-state index contributed by atoms with van der Waals surface area (Å²) in [6.45, 7) is 5.60. The molecule has 0 aliphatic carbocycles. The van der Waals surface area contributed by atoms with Crippen molar-refractivity contribution in [3.05, 3.63) is 36.2 Å². The maximum Gasteiger partial charge on any atom is 0.233 e. The van der Waals surface area contributed by atoms with Crippen molar-refractivity contribution in [2.75, 3.05) is 45.1 Å². The van der Waals surface area contributed by atoms with Crippen molar-refractivity contribution >= 4 is 17.7 Å². The van der Waals surface area contributed by atoms with Crippen LogP contribution in [0.25, 0.3) is 5.69 Å². The normalized spacial score (nSPS) is 18.4. The van der Waals surface area contributed by atoms with Crippen LogP contribution >= 0.6 is 11.8 Å². The number of benzene rings is 1. The average Bonchev–Trinajstić information content (AvgIpc) is 3.16. The van der Waals surface area contributed by atoms with Gasteiger partial charge in [-0.15, -0.1) is 10.2 Å². The van der Waals surface area contributed by atoms with Gasteiger partial charge in [0.1, 0.15) is 0 Å². The maximum atomic E-state index is 12.5. The molecule has 150 valence electrons. The van der Waals surface area contributed by atoms with Crippen molar-refractivity contribution < 1.29 is 9.53 Å². The fourth-order valence-corrected chi connectivity index (χ4v) is 4.55. The third-order valence-electron chi connectivity index (χ3n) is 5.22. The van der Waals surface area contributed by atoms with Crippen molar-refractivity contribution in [1.82, 2.24) is 24.6 Å². The molecule has 0 spiro atoms. The Morgan fingerprint density at radius 2 is 1.75 bits per heavy atom. The Hall–Kier alpha value is -1.90. The highest BCUT2D eigenvalue weighted by Gasteiger charge is 2.21. The van der Waals surface area contributed by atoms with Crippen LogP contribution in [0, 0.1) is 0 Å². The molecule has 0 saturated carbocycles. The highest BCUT2D eigenvalue weighted by molar-refractivity contribution is 7.99. The summed E-state index contributed by atoms with van der Waals surface area (Å²) in [5.41, 5.74) is 1.04. The Morgan fingerprint density at radius 3 is 2.50 bits per heavy atom. The number of thioether (sulfide) groups is 1. The lowest BCUT2D eigenvalue weighted by Crippen LogP contribution is -2.41. The standard InChI is InChI=1S/C20H27N5O2S/c26-19(24-11-13-27-14-12-24)16-28-20-22-21-18(15-23-9-5-2-6-10-23)25(20)17-7-3-1-4-8-17/h1,3-4,7-8H,2,5-6,9-16H2. The molecule has 3 heterocycles. The van der Waals surface area contributed by atoms with Gasteiger partial charge in [-0.3, -0.25) is 14.3 Å². The zero-order valence-electron chi connectivity index (χ0n) is 16.1. The topological polar surface area (TPSA) is 63.5 Å². The molecule has 0 unspecified atom stereocenters. The molecule has 0 radical (unpaired) electrons. The van der Waals surface area contributed by atoms with Gasteiger partial charge in [0, 0.05) is 18.8 Å². The molecule has 0 atom stereocenters. The Morgan fingerprint density at radius 1 is 1.00 bits per heavy atom. The highest BCUT2D eigenvalue weighted by atomic mass is 32.2. The number of morpholine rings is 1. The third-order valence-corrected chi connectivity index (χ3v) is 6.13. The monoisotopic (exact) mass is 401 g/mol. The van der Waals surface area contributed by atoms with Gasteiger partial charge >= 0.3 is 0 Å². The number of para-hydroxylation sites is 1. The maximum absolute atomic E-state index is 12.5. The summed E-state index contributed by atoms with van der Waals surface area (Å²) < 4.78 is 7.44. The molecule has 2 aromatic rings. The van der Waals surface area contributed by atoms with Gasteiger partial charge in [-0.2, -0.15) is 0 Å². The summed E-state index contributed by atoms with van der Waals surface area (Å²) in [4.78, 5) is 16.8. The molecular formula is C20H27N5O2S. The molecule has 8 heteroatoms. The molecule has 2 aliphatic heterocycles. The number of likely N-dealkylation sites (tertiary alicyclic amines) is 1. The van der Waals surface area contributed by atoms with Gasteiger partial charge < -0.3 is 9.64 Å². The molecule has 1 aromatic carbocycles.